The van der Waals surface area contributed by atoms with Crippen molar-refractivity contribution in [1.29, 1.82) is 0 Å². The average molecular weight is 335 g/mol. The van der Waals surface area contributed by atoms with Crippen LogP contribution in [0.1, 0.15) is 22.8 Å². The summed E-state index contributed by atoms with van der Waals surface area (Å²) in [6.45, 7) is 2.19. The topological polar surface area (TPSA) is 91.2 Å². The van der Waals surface area contributed by atoms with E-state index in [1.165, 1.54) is 24.4 Å². The molecule has 2 aromatic carbocycles. The summed E-state index contributed by atoms with van der Waals surface area (Å²) in [5.41, 5.74) is 4.06. The molecule has 0 aliphatic heterocycles. The van der Waals surface area contributed by atoms with Crippen molar-refractivity contribution in [1.82, 2.24) is 0 Å². The molecule has 0 heterocycles. The Morgan fingerprint density at radius 1 is 1.39 bits per heavy atom. The van der Waals surface area contributed by atoms with E-state index in [4.69, 9.17) is 21.4 Å². The quantitative estimate of drug-likeness (QED) is 0.554. The van der Waals surface area contributed by atoms with Gasteiger partial charge in [0.25, 0.3) is 0 Å². The largest absolute Gasteiger partial charge is 0.503 e. The summed E-state index contributed by atoms with van der Waals surface area (Å²) in [6, 6.07) is 9.41. The molecule has 0 spiro atoms. The molecule has 0 fully saturated rings. The number of benzene rings is 2. The molecule has 0 saturated heterocycles. The molecular weight excluding hydrogens is 320 g/mol. The molecule has 7 heteroatoms. The van der Waals surface area contributed by atoms with Gasteiger partial charge in [-0.05, 0) is 42.8 Å². The number of anilines is 1. The predicted molar refractivity (Wildman–Crippen MR) is 88.9 cm³/mol. The second kappa shape index (κ2) is 7.51. The Kier molecular flexibility index (Phi) is 5.43. The van der Waals surface area contributed by atoms with E-state index in [1.807, 2.05) is 0 Å². The number of aromatic carboxylic acids is 1. The van der Waals surface area contributed by atoms with Gasteiger partial charge < -0.3 is 14.9 Å². The van der Waals surface area contributed by atoms with Crippen LogP contribution >= 0.6 is 11.6 Å². The number of nitrogens with zero attached hydrogens (tertiary/aromatic N) is 1. The summed E-state index contributed by atoms with van der Waals surface area (Å²) < 4.78 is 5.28. The summed E-state index contributed by atoms with van der Waals surface area (Å²) in [5, 5.41) is 22.9. The number of hydrogen-bond donors (Lipinski definition) is 3. The van der Waals surface area contributed by atoms with Crippen molar-refractivity contribution in [3.05, 3.63) is 52.5 Å². The molecule has 120 valence electrons. The lowest BCUT2D eigenvalue weighted by atomic mass is 10.2. The van der Waals surface area contributed by atoms with Crippen molar-refractivity contribution in [2.75, 3.05) is 12.0 Å². The lowest BCUT2D eigenvalue weighted by molar-refractivity contribution is 0.0697. The molecule has 23 heavy (non-hydrogen) atoms. The van der Waals surface area contributed by atoms with Crippen LogP contribution in [-0.2, 0) is 0 Å². The fourth-order valence-electron chi connectivity index (χ4n) is 1.84. The second-order valence-corrected chi connectivity index (χ2v) is 4.95. The van der Waals surface area contributed by atoms with E-state index >= 15 is 0 Å². The second-order valence-electron chi connectivity index (χ2n) is 4.54. The minimum atomic E-state index is -1.01. The van der Waals surface area contributed by atoms with Crippen molar-refractivity contribution in [3.63, 3.8) is 0 Å². The molecule has 0 unspecified atom stereocenters. The third-order valence-corrected chi connectivity index (χ3v) is 3.16. The van der Waals surface area contributed by atoms with Gasteiger partial charge in [0.05, 0.1) is 29.1 Å². The first-order valence-electron chi connectivity index (χ1n) is 6.79. The first-order valence-corrected chi connectivity index (χ1v) is 7.16. The fraction of sp³-hybridized carbons (Fsp3) is 0.125. The number of ether oxygens (including phenoxy) is 1. The lowest BCUT2D eigenvalue weighted by Crippen LogP contribution is -1.98. The Hall–Kier alpha value is -2.73. The van der Waals surface area contributed by atoms with Gasteiger partial charge in [-0.1, -0.05) is 17.7 Å². The summed E-state index contributed by atoms with van der Waals surface area (Å²) >= 11 is 5.93. The van der Waals surface area contributed by atoms with Gasteiger partial charge in [0.1, 0.15) is 0 Å². The van der Waals surface area contributed by atoms with Crippen LogP contribution in [0.2, 0.25) is 5.02 Å². The van der Waals surface area contributed by atoms with Gasteiger partial charge in [-0.25, -0.2) is 4.79 Å². The highest BCUT2D eigenvalue weighted by Crippen LogP contribution is 2.34. The minimum Gasteiger partial charge on any atom is -0.503 e. The highest BCUT2D eigenvalue weighted by molar-refractivity contribution is 6.32. The van der Waals surface area contributed by atoms with Crippen LogP contribution in [-0.4, -0.2) is 29.0 Å². The molecule has 2 rings (SSSR count). The SMILES string of the molecule is CCOc1cc(C=NNc2cccc(C(=O)O)c2)cc(Cl)c1O. The van der Waals surface area contributed by atoms with Crippen molar-refractivity contribution in [2.45, 2.75) is 6.92 Å². The molecule has 0 amide bonds. The van der Waals surface area contributed by atoms with Crippen LogP contribution in [0.25, 0.3) is 0 Å². The molecule has 0 atom stereocenters. The molecule has 0 aliphatic carbocycles. The van der Waals surface area contributed by atoms with E-state index < -0.39 is 5.97 Å². The monoisotopic (exact) mass is 334 g/mol. The van der Waals surface area contributed by atoms with Crippen molar-refractivity contribution < 1.29 is 19.7 Å². The molecule has 3 N–H and O–H groups in total. The number of carboxylic acid groups (broad SMARTS) is 1. The fourth-order valence-corrected chi connectivity index (χ4v) is 2.06. The molecule has 6 nitrogen and oxygen atoms in total. The Morgan fingerprint density at radius 3 is 2.87 bits per heavy atom. The van der Waals surface area contributed by atoms with E-state index in [1.54, 1.807) is 25.1 Å². The minimum absolute atomic E-state index is 0.118. The molecule has 0 bridgehead atoms. The first kappa shape index (κ1) is 16.6. The van der Waals surface area contributed by atoms with Gasteiger partial charge in [-0.15, -0.1) is 0 Å². The van der Waals surface area contributed by atoms with Gasteiger partial charge in [0.15, 0.2) is 11.5 Å². The average Bonchev–Trinajstić information content (AvgIpc) is 2.52. The van der Waals surface area contributed by atoms with Crippen molar-refractivity contribution in [3.8, 4) is 11.5 Å². The highest BCUT2D eigenvalue weighted by atomic mass is 35.5. The molecule has 0 saturated carbocycles. The lowest BCUT2D eigenvalue weighted by Gasteiger charge is -2.08. The van der Waals surface area contributed by atoms with Crippen LogP contribution < -0.4 is 10.2 Å². The Labute approximate surface area is 138 Å². The van der Waals surface area contributed by atoms with E-state index in [2.05, 4.69) is 10.5 Å². The molecule has 2 aromatic rings. The predicted octanol–water partition coefficient (Wildman–Crippen LogP) is 3.59. The highest BCUT2D eigenvalue weighted by Gasteiger charge is 2.08. The maximum atomic E-state index is 10.9. The standard InChI is InChI=1S/C16H15ClN2O4/c1-2-23-14-7-10(6-13(17)15(14)20)9-18-19-12-5-3-4-11(8-12)16(21)22/h3-9,19-20H,2H2,1H3,(H,21,22). The van der Waals surface area contributed by atoms with Crippen LogP contribution in [0.4, 0.5) is 5.69 Å². The van der Waals surface area contributed by atoms with Gasteiger partial charge >= 0.3 is 5.97 Å². The third kappa shape index (κ3) is 4.37. The van der Waals surface area contributed by atoms with Crippen LogP contribution in [0, 0.1) is 0 Å². The number of nitrogens with one attached hydrogen (secondary N) is 1. The molecule has 0 aliphatic rings. The zero-order valence-corrected chi connectivity index (χ0v) is 13.0. The number of hydrazone groups is 1. The van der Waals surface area contributed by atoms with Crippen LogP contribution in [0.5, 0.6) is 11.5 Å². The Morgan fingerprint density at radius 2 is 2.17 bits per heavy atom. The number of phenols is 1. The first-order chi connectivity index (χ1) is 11.0. The van der Waals surface area contributed by atoms with E-state index in [9.17, 15) is 9.90 Å². The van der Waals surface area contributed by atoms with Gasteiger partial charge in [0.2, 0.25) is 0 Å². The number of carboxylic acids is 1. The number of carbonyl (C=O) groups is 1. The summed E-state index contributed by atoms with van der Waals surface area (Å²) in [6.07, 6.45) is 1.49. The number of rotatable bonds is 6. The Bertz CT molecular complexity index is 747. The smallest absolute Gasteiger partial charge is 0.335 e. The number of aromatic hydroxyl groups is 1. The van der Waals surface area contributed by atoms with Gasteiger partial charge in [0, 0.05) is 0 Å². The summed E-state index contributed by atoms with van der Waals surface area (Å²) in [7, 11) is 0. The van der Waals surface area contributed by atoms with Crippen molar-refractivity contribution >= 4 is 29.5 Å². The van der Waals surface area contributed by atoms with E-state index in [0.717, 1.165) is 0 Å². The van der Waals surface area contributed by atoms with Gasteiger partial charge in [-0.2, -0.15) is 5.10 Å². The molecule has 0 aromatic heterocycles. The molecular formula is C16H15ClN2O4. The maximum Gasteiger partial charge on any atom is 0.335 e. The third-order valence-electron chi connectivity index (χ3n) is 2.87. The van der Waals surface area contributed by atoms with Crippen molar-refractivity contribution in [2.24, 2.45) is 5.10 Å². The van der Waals surface area contributed by atoms with E-state index in [0.29, 0.717) is 17.9 Å². The zero-order valence-electron chi connectivity index (χ0n) is 12.3. The number of hydrogen-bond acceptors (Lipinski definition) is 5. The maximum absolute atomic E-state index is 10.9. The van der Waals surface area contributed by atoms with Crippen LogP contribution in [0.15, 0.2) is 41.5 Å². The molecule has 0 radical (unpaired) electrons. The van der Waals surface area contributed by atoms with Crippen LogP contribution in [0.3, 0.4) is 0 Å². The Balaban J connectivity index is 2.14. The summed E-state index contributed by atoms with van der Waals surface area (Å²) in [4.78, 5) is 10.9. The van der Waals surface area contributed by atoms with Gasteiger partial charge in [-0.3, -0.25) is 5.43 Å². The number of phenolic OH excluding ortho intramolecular Hbond substituents is 1. The van der Waals surface area contributed by atoms with E-state index in [-0.39, 0.29) is 22.1 Å². The zero-order chi connectivity index (χ0) is 16.8. The summed E-state index contributed by atoms with van der Waals surface area (Å²) in [5.74, 6) is -0.855. The normalized spacial score (nSPS) is 10.7. The number of halogens is 1.